The zero-order valence-electron chi connectivity index (χ0n) is 12.6. The summed E-state index contributed by atoms with van der Waals surface area (Å²) >= 11 is 0. The standard InChI is InChI=1S/C16H23FN4/c1-18-16(19-14-3-2-4-14)21-11-9-20(10-12-21)15-7-5-13(17)6-8-15/h5-8,14H,2-4,9-12H2,1H3,(H,18,19). The van der Waals surface area contributed by atoms with Crippen molar-refractivity contribution in [2.45, 2.75) is 25.3 Å². The molecule has 1 N–H and O–H groups in total. The topological polar surface area (TPSA) is 30.9 Å². The summed E-state index contributed by atoms with van der Waals surface area (Å²) < 4.78 is 13.0. The molecule has 0 amide bonds. The van der Waals surface area contributed by atoms with Gasteiger partial charge in [-0.05, 0) is 43.5 Å². The van der Waals surface area contributed by atoms with Gasteiger partial charge in [-0.2, -0.15) is 0 Å². The second-order valence-corrected chi connectivity index (χ2v) is 5.77. The summed E-state index contributed by atoms with van der Waals surface area (Å²) in [5, 5.41) is 3.54. The number of hydrogen-bond donors (Lipinski definition) is 1. The predicted molar refractivity (Wildman–Crippen MR) is 84.3 cm³/mol. The molecule has 0 aromatic heterocycles. The summed E-state index contributed by atoms with van der Waals surface area (Å²) in [5.41, 5.74) is 1.10. The molecule has 4 nitrogen and oxygen atoms in total. The molecule has 1 aromatic carbocycles. The van der Waals surface area contributed by atoms with Crippen LogP contribution in [-0.2, 0) is 0 Å². The quantitative estimate of drug-likeness (QED) is 0.668. The molecular weight excluding hydrogens is 267 g/mol. The van der Waals surface area contributed by atoms with Gasteiger partial charge in [-0.15, -0.1) is 0 Å². The van der Waals surface area contributed by atoms with Gasteiger partial charge in [0.25, 0.3) is 0 Å². The van der Waals surface area contributed by atoms with E-state index < -0.39 is 0 Å². The molecule has 21 heavy (non-hydrogen) atoms. The lowest BCUT2D eigenvalue weighted by molar-refractivity contribution is 0.332. The van der Waals surface area contributed by atoms with Crippen molar-refractivity contribution in [2.24, 2.45) is 4.99 Å². The highest BCUT2D eigenvalue weighted by Gasteiger charge is 2.24. The number of hydrogen-bond acceptors (Lipinski definition) is 2. The molecule has 2 aliphatic rings. The van der Waals surface area contributed by atoms with E-state index in [2.05, 4.69) is 20.1 Å². The van der Waals surface area contributed by atoms with Crippen molar-refractivity contribution >= 4 is 11.6 Å². The monoisotopic (exact) mass is 290 g/mol. The largest absolute Gasteiger partial charge is 0.368 e. The van der Waals surface area contributed by atoms with Crippen LogP contribution in [0.25, 0.3) is 0 Å². The molecule has 5 heteroatoms. The van der Waals surface area contributed by atoms with E-state index in [0.29, 0.717) is 6.04 Å². The smallest absolute Gasteiger partial charge is 0.193 e. The Balaban J connectivity index is 1.55. The number of rotatable bonds is 2. The van der Waals surface area contributed by atoms with Crippen LogP contribution in [0, 0.1) is 5.82 Å². The maximum absolute atomic E-state index is 13.0. The SMILES string of the molecule is CN=C(NC1CCC1)N1CCN(c2ccc(F)cc2)CC1. The second-order valence-electron chi connectivity index (χ2n) is 5.77. The highest BCUT2D eigenvalue weighted by atomic mass is 19.1. The predicted octanol–water partition coefficient (Wildman–Crippen LogP) is 2.08. The van der Waals surface area contributed by atoms with Crippen LogP contribution in [0.2, 0.25) is 0 Å². The summed E-state index contributed by atoms with van der Waals surface area (Å²) in [4.78, 5) is 9.02. The highest BCUT2D eigenvalue weighted by Crippen LogP contribution is 2.19. The Hall–Kier alpha value is -1.78. The van der Waals surface area contributed by atoms with Gasteiger partial charge in [0.15, 0.2) is 5.96 Å². The molecule has 0 atom stereocenters. The van der Waals surface area contributed by atoms with E-state index in [1.165, 1.54) is 31.4 Å². The molecule has 0 spiro atoms. The van der Waals surface area contributed by atoms with E-state index in [1.54, 1.807) is 0 Å². The first kappa shape index (κ1) is 14.2. The van der Waals surface area contributed by atoms with Crippen molar-refractivity contribution in [1.29, 1.82) is 0 Å². The third-order valence-corrected chi connectivity index (χ3v) is 4.42. The molecule has 114 valence electrons. The number of anilines is 1. The van der Waals surface area contributed by atoms with E-state index in [9.17, 15) is 4.39 Å². The number of piperazine rings is 1. The molecule has 1 aliphatic heterocycles. The summed E-state index contributed by atoms with van der Waals surface area (Å²) in [6.07, 6.45) is 3.84. The molecule has 3 rings (SSSR count). The molecule has 0 bridgehead atoms. The maximum Gasteiger partial charge on any atom is 0.193 e. The van der Waals surface area contributed by atoms with Crippen LogP contribution in [0.5, 0.6) is 0 Å². The van der Waals surface area contributed by atoms with Crippen molar-refractivity contribution < 1.29 is 4.39 Å². The Morgan fingerprint density at radius 2 is 1.81 bits per heavy atom. The van der Waals surface area contributed by atoms with Crippen molar-refractivity contribution in [3.05, 3.63) is 30.1 Å². The molecule has 1 saturated carbocycles. The Morgan fingerprint density at radius 1 is 1.14 bits per heavy atom. The Bertz CT molecular complexity index is 488. The first-order chi connectivity index (χ1) is 10.3. The van der Waals surface area contributed by atoms with E-state index in [0.717, 1.165) is 37.8 Å². The van der Waals surface area contributed by atoms with Gasteiger partial charge in [-0.1, -0.05) is 0 Å². The van der Waals surface area contributed by atoms with Crippen LogP contribution >= 0.6 is 0 Å². The summed E-state index contributed by atoms with van der Waals surface area (Å²) in [5.74, 6) is 0.848. The third-order valence-electron chi connectivity index (χ3n) is 4.42. The number of nitrogens with one attached hydrogen (secondary N) is 1. The molecular formula is C16H23FN4. The number of benzene rings is 1. The Morgan fingerprint density at radius 3 is 2.33 bits per heavy atom. The lowest BCUT2D eigenvalue weighted by Crippen LogP contribution is -2.55. The van der Waals surface area contributed by atoms with Crippen molar-refractivity contribution in [2.75, 3.05) is 38.1 Å². The minimum absolute atomic E-state index is 0.178. The molecule has 1 saturated heterocycles. The van der Waals surface area contributed by atoms with Gasteiger partial charge in [0.1, 0.15) is 5.82 Å². The van der Waals surface area contributed by atoms with Crippen LogP contribution < -0.4 is 10.2 Å². The molecule has 1 aliphatic carbocycles. The summed E-state index contributed by atoms with van der Waals surface area (Å²) in [7, 11) is 1.85. The second kappa shape index (κ2) is 6.33. The molecule has 1 aromatic rings. The number of aliphatic imine (C=N–C) groups is 1. The van der Waals surface area contributed by atoms with Crippen LogP contribution in [0.4, 0.5) is 10.1 Å². The fourth-order valence-corrected chi connectivity index (χ4v) is 2.86. The van der Waals surface area contributed by atoms with E-state index >= 15 is 0 Å². The molecule has 0 radical (unpaired) electrons. The first-order valence-corrected chi connectivity index (χ1v) is 7.75. The zero-order chi connectivity index (χ0) is 14.7. The van der Waals surface area contributed by atoms with Crippen molar-refractivity contribution in [3.63, 3.8) is 0 Å². The van der Waals surface area contributed by atoms with Gasteiger partial charge in [0.2, 0.25) is 0 Å². The van der Waals surface area contributed by atoms with Crippen LogP contribution in [0.1, 0.15) is 19.3 Å². The Labute approximate surface area is 125 Å². The first-order valence-electron chi connectivity index (χ1n) is 7.75. The third kappa shape index (κ3) is 3.28. The molecule has 0 unspecified atom stereocenters. The van der Waals surface area contributed by atoms with Crippen molar-refractivity contribution in [1.82, 2.24) is 10.2 Å². The highest BCUT2D eigenvalue weighted by molar-refractivity contribution is 5.80. The molecule has 2 fully saturated rings. The van der Waals surface area contributed by atoms with Crippen LogP contribution in [0.15, 0.2) is 29.3 Å². The van der Waals surface area contributed by atoms with Gasteiger partial charge >= 0.3 is 0 Å². The van der Waals surface area contributed by atoms with Gasteiger partial charge in [-0.3, -0.25) is 4.99 Å². The summed E-state index contributed by atoms with van der Waals surface area (Å²) in [6.45, 7) is 3.78. The lowest BCUT2D eigenvalue weighted by atomic mass is 9.93. The minimum Gasteiger partial charge on any atom is -0.368 e. The summed E-state index contributed by atoms with van der Waals surface area (Å²) in [6, 6.07) is 7.37. The van der Waals surface area contributed by atoms with Gasteiger partial charge in [0.05, 0.1) is 0 Å². The molecule has 1 heterocycles. The average molecular weight is 290 g/mol. The van der Waals surface area contributed by atoms with E-state index in [-0.39, 0.29) is 5.82 Å². The zero-order valence-corrected chi connectivity index (χ0v) is 12.6. The van der Waals surface area contributed by atoms with E-state index in [1.807, 2.05) is 19.2 Å². The number of halogens is 1. The maximum atomic E-state index is 13.0. The average Bonchev–Trinajstić information content (AvgIpc) is 2.48. The number of guanidine groups is 1. The Kier molecular flexibility index (Phi) is 4.27. The van der Waals surface area contributed by atoms with Gasteiger partial charge in [0, 0.05) is 45.0 Å². The van der Waals surface area contributed by atoms with Crippen LogP contribution in [0.3, 0.4) is 0 Å². The van der Waals surface area contributed by atoms with Crippen molar-refractivity contribution in [3.8, 4) is 0 Å². The van der Waals surface area contributed by atoms with Crippen LogP contribution in [-0.4, -0.2) is 50.1 Å². The van der Waals surface area contributed by atoms with Gasteiger partial charge in [-0.25, -0.2) is 4.39 Å². The fourth-order valence-electron chi connectivity index (χ4n) is 2.86. The normalized spacial score (nSPS) is 20.4. The van der Waals surface area contributed by atoms with Gasteiger partial charge < -0.3 is 15.1 Å². The fraction of sp³-hybridized carbons (Fsp3) is 0.562. The van der Waals surface area contributed by atoms with E-state index in [4.69, 9.17) is 0 Å². The number of nitrogens with zero attached hydrogens (tertiary/aromatic N) is 3. The lowest BCUT2D eigenvalue weighted by Gasteiger charge is -2.39. The minimum atomic E-state index is -0.178.